The van der Waals surface area contributed by atoms with E-state index in [1.807, 2.05) is 25.2 Å². The van der Waals surface area contributed by atoms with Crippen LogP contribution in [0.25, 0.3) is 0 Å². The number of aryl methyl sites for hydroxylation is 1. The van der Waals surface area contributed by atoms with Gasteiger partial charge in [0.1, 0.15) is 0 Å². The van der Waals surface area contributed by atoms with Gasteiger partial charge in [0.25, 0.3) is 5.91 Å². The second kappa shape index (κ2) is 7.15. The predicted molar refractivity (Wildman–Crippen MR) is 90.4 cm³/mol. The summed E-state index contributed by atoms with van der Waals surface area (Å²) in [6.45, 7) is 2.77. The van der Waals surface area contributed by atoms with Gasteiger partial charge in [-0.15, -0.1) is 0 Å². The summed E-state index contributed by atoms with van der Waals surface area (Å²) in [6.07, 6.45) is 5.43. The number of carbonyl (C=O) groups excluding carboxylic acids is 1. The van der Waals surface area contributed by atoms with Gasteiger partial charge in [0, 0.05) is 37.4 Å². The molecule has 6 heteroatoms. The number of benzene rings is 1. The highest BCUT2D eigenvalue weighted by atomic mass is 35.5. The molecule has 0 spiro atoms. The molecule has 0 saturated carbocycles. The van der Waals surface area contributed by atoms with E-state index < -0.39 is 0 Å². The third kappa shape index (κ3) is 4.33. The maximum atomic E-state index is 12.2. The van der Waals surface area contributed by atoms with Crippen LogP contribution in [0.1, 0.15) is 28.8 Å². The van der Waals surface area contributed by atoms with Gasteiger partial charge in [0.05, 0.1) is 11.8 Å². The van der Waals surface area contributed by atoms with Crippen LogP contribution in [0.2, 0.25) is 5.02 Å². The van der Waals surface area contributed by atoms with Crippen molar-refractivity contribution in [2.24, 2.45) is 7.05 Å². The average Bonchev–Trinajstić information content (AvgIpc) is 2.94. The quantitative estimate of drug-likeness (QED) is 0.935. The van der Waals surface area contributed by atoms with Gasteiger partial charge in [-0.25, -0.2) is 0 Å². The Labute approximate surface area is 141 Å². The molecule has 1 aliphatic heterocycles. The molecule has 1 saturated heterocycles. The number of nitrogens with one attached hydrogen (secondary N) is 1. The molecular formula is C17H21ClN4O. The highest BCUT2D eigenvalue weighted by Crippen LogP contribution is 2.17. The number of hydrogen-bond acceptors (Lipinski definition) is 3. The molecule has 1 atom stereocenters. The van der Waals surface area contributed by atoms with Crippen LogP contribution >= 0.6 is 11.6 Å². The number of aromatic nitrogens is 2. The van der Waals surface area contributed by atoms with Crippen LogP contribution in [0.15, 0.2) is 36.7 Å². The van der Waals surface area contributed by atoms with Crippen molar-refractivity contribution < 1.29 is 4.79 Å². The van der Waals surface area contributed by atoms with E-state index in [0.717, 1.165) is 37.5 Å². The molecule has 1 aliphatic rings. The minimum atomic E-state index is -0.0484. The highest BCUT2D eigenvalue weighted by molar-refractivity contribution is 6.30. The van der Waals surface area contributed by atoms with E-state index in [0.29, 0.717) is 5.56 Å². The fraction of sp³-hybridized carbons (Fsp3) is 0.412. The summed E-state index contributed by atoms with van der Waals surface area (Å²) < 4.78 is 1.64. The fourth-order valence-corrected chi connectivity index (χ4v) is 3.23. The van der Waals surface area contributed by atoms with Crippen molar-refractivity contribution in [2.45, 2.75) is 25.4 Å². The normalized spacial score (nSPS) is 18.8. The van der Waals surface area contributed by atoms with Gasteiger partial charge >= 0.3 is 0 Å². The Balaban J connectivity index is 1.56. The van der Waals surface area contributed by atoms with Gasteiger partial charge < -0.3 is 5.32 Å². The Hall–Kier alpha value is -1.85. The van der Waals surface area contributed by atoms with Crippen molar-refractivity contribution in [3.8, 4) is 0 Å². The summed E-state index contributed by atoms with van der Waals surface area (Å²) in [5.41, 5.74) is 1.82. The lowest BCUT2D eigenvalue weighted by atomic mass is 10.0. The number of hydrogen-bond donors (Lipinski definition) is 1. The largest absolute Gasteiger partial charge is 0.348 e. The number of rotatable bonds is 4. The first-order valence-electron chi connectivity index (χ1n) is 7.86. The molecule has 3 rings (SSSR count). The molecule has 2 aromatic rings. The molecule has 1 aromatic carbocycles. The first-order chi connectivity index (χ1) is 11.1. The SMILES string of the molecule is Cn1cc(C(=O)NC2CCCN(Cc3cccc(Cl)c3)C2)cn1. The van der Waals surface area contributed by atoms with Crippen LogP contribution in [0.5, 0.6) is 0 Å². The van der Waals surface area contributed by atoms with E-state index in [-0.39, 0.29) is 11.9 Å². The fourth-order valence-electron chi connectivity index (χ4n) is 3.02. The van der Waals surface area contributed by atoms with Gasteiger partial charge in [-0.1, -0.05) is 23.7 Å². The zero-order chi connectivity index (χ0) is 16.2. The third-order valence-electron chi connectivity index (χ3n) is 4.10. The monoisotopic (exact) mass is 332 g/mol. The highest BCUT2D eigenvalue weighted by Gasteiger charge is 2.22. The molecule has 1 fully saturated rings. The zero-order valence-corrected chi connectivity index (χ0v) is 14.0. The topological polar surface area (TPSA) is 50.2 Å². The molecule has 1 amide bonds. The van der Waals surface area contributed by atoms with Crippen molar-refractivity contribution in [1.29, 1.82) is 0 Å². The number of carbonyl (C=O) groups is 1. The van der Waals surface area contributed by atoms with Gasteiger partial charge in [-0.2, -0.15) is 5.10 Å². The molecule has 1 unspecified atom stereocenters. The minimum Gasteiger partial charge on any atom is -0.348 e. The summed E-state index contributed by atoms with van der Waals surface area (Å²) in [7, 11) is 1.81. The Bertz CT molecular complexity index is 685. The van der Waals surface area contributed by atoms with Crippen LogP contribution in [0, 0.1) is 0 Å². The van der Waals surface area contributed by atoms with Gasteiger partial charge in [0.15, 0.2) is 0 Å². The molecule has 1 aromatic heterocycles. The van der Waals surface area contributed by atoms with Crippen molar-refractivity contribution in [1.82, 2.24) is 20.0 Å². The standard InChI is InChI=1S/C17H21ClN4O/c1-21-11-14(9-19-21)17(23)20-16-6-3-7-22(12-16)10-13-4-2-5-15(18)8-13/h2,4-5,8-9,11,16H,3,6-7,10,12H2,1H3,(H,20,23). The van der Waals surface area contributed by atoms with E-state index in [1.165, 1.54) is 5.56 Å². The van der Waals surface area contributed by atoms with E-state index in [9.17, 15) is 4.79 Å². The molecule has 5 nitrogen and oxygen atoms in total. The lowest BCUT2D eigenvalue weighted by Crippen LogP contribution is -2.47. The van der Waals surface area contributed by atoms with Crippen LogP contribution < -0.4 is 5.32 Å². The second-order valence-electron chi connectivity index (χ2n) is 6.08. The zero-order valence-electron chi connectivity index (χ0n) is 13.2. The summed E-state index contributed by atoms with van der Waals surface area (Å²) in [6, 6.07) is 8.13. The number of halogens is 1. The summed E-state index contributed by atoms with van der Waals surface area (Å²) in [5, 5.41) is 7.92. The predicted octanol–water partition coefficient (Wildman–Crippen LogP) is 2.47. The second-order valence-corrected chi connectivity index (χ2v) is 6.52. The van der Waals surface area contributed by atoms with Crippen LogP contribution in [0.3, 0.4) is 0 Å². The molecular weight excluding hydrogens is 312 g/mol. The number of nitrogens with zero attached hydrogens (tertiary/aromatic N) is 3. The molecule has 122 valence electrons. The van der Waals surface area contributed by atoms with Crippen molar-refractivity contribution >= 4 is 17.5 Å². The maximum Gasteiger partial charge on any atom is 0.254 e. The van der Waals surface area contributed by atoms with Crippen molar-refractivity contribution in [3.05, 3.63) is 52.8 Å². The maximum absolute atomic E-state index is 12.2. The van der Waals surface area contributed by atoms with E-state index in [2.05, 4.69) is 21.4 Å². The average molecular weight is 333 g/mol. The van der Waals surface area contributed by atoms with Crippen LogP contribution in [-0.4, -0.2) is 39.7 Å². The first kappa shape index (κ1) is 16.0. The molecule has 23 heavy (non-hydrogen) atoms. The van der Waals surface area contributed by atoms with Crippen LogP contribution in [-0.2, 0) is 13.6 Å². The van der Waals surface area contributed by atoms with Crippen LogP contribution in [0.4, 0.5) is 0 Å². The Morgan fingerprint density at radius 2 is 2.35 bits per heavy atom. The number of piperidine rings is 1. The molecule has 1 N–H and O–H groups in total. The summed E-state index contributed by atoms with van der Waals surface area (Å²) in [5.74, 6) is -0.0484. The smallest absolute Gasteiger partial charge is 0.254 e. The summed E-state index contributed by atoms with van der Waals surface area (Å²) in [4.78, 5) is 14.6. The summed E-state index contributed by atoms with van der Waals surface area (Å²) >= 11 is 6.05. The molecule has 0 aliphatic carbocycles. The van der Waals surface area contributed by atoms with Crippen molar-refractivity contribution in [2.75, 3.05) is 13.1 Å². The Morgan fingerprint density at radius 1 is 1.48 bits per heavy atom. The number of likely N-dealkylation sites (tertiary alicyclic amines) is 1. The lowest BCUT2D eigenvalue weighted by Gasteiger charge is -2.33. The molecule has 0 bridgehead atoms. The molecule has 2 heterocycles. The lowest BCUT2D eigenvalue weighted by molar-refractivity contribution is 0.0900. The third-order valence-corrected chi connectivity index (χ3v) is 4.34. The number of amides is 1. The van der Waals surface area contributed by atoms with E-state index in [4.69, 9.17) is 11.6 Å². The van der Waals surface area contributed by atoms with E-state index in [1.54, 1.807) is 17.1 Å². The van der Waals surface area contributed by atoms with E-state index >= 15 is 0 Å². The molecule has 0 radical (unpaired) electrons. The Kier molecular flexibility index (Phi) is 4.98. The Morgan fingerprint density at radius 3 is 3.09 bits per heavy atom. The van der Waals surface area contributed by atoms with Crippen molar-refractivity contribution in [3.63, 3.8) is 0 Å². The van der Waals surface area contributed by atoms with Gasteiger partial charge in [-0.3, -0.25) is 14.4 Å². The first-order valence-corrected chi connectivity index (χ1v) is 8.24. The van der Waals surface area contributed by atoms with Gasteiger partial charge in [-0.05, 0) is 37.1 Å². The minimum absolute atomic E-state index is 0.0484. The van der Waals surface area contributed by atoms with Gasteiger partial charge in [0.2, 0.25) is 0 Å².